The zero-order valence-corrected chi connectivity index (χ0v) is 10.4. The van der Waals surface area contributed by atoms with Gasteiger partial charge in [-0.25, -0.2) is 4.79 Å². The summed E-state index contributed by atoms with van der Waals surface area (Å²) in [7, 11) is 0. The molecule has 0 saturated heterocycles. The molecule has 1 aromatic rings. The third kappa shape index (κ3) is 2.42. The fourth-order valence-corrected chi connectivity index (χ4v) is 1.86. The molecule has 5 heteroatoms. The third-order valence-corrected chi connectivity index (χ3v) is 3.14. The van der Waals surface area contributed by atoms with Crippen molar-refractivity contribution < 1.29 is 14.7 Å². The number of Topliss-reactive ketones (excluding diaryl/α,β-unsaturated/α-hetero) is 1. The minimum atomic E-state index is -2.05. The van der Waals surface area contributed by atoms with E-state index in [1.807, 2.05) is 6.07 Å². The lowest BCUT2D eigenvalue weighted by Gasteiger charge is -2.34. The van der Waals surface area contributed by atoms with Crippen molar-refractivity contribution in [2.24, 2.45) is 0 Å². The van der Waals surface area contributed by atoms with Gasteiger partial charge in [0.15, 0.2) is 5.78 Å². The number of carboxylic acids is 1. The number of carbonyl (C=O) groups is 2. The Balaban J connectivity index is 3.25. The first-order chi connectivity index (χ1) is 7.94. The molecular formula is C12H14ClNO3. The summed E-state index contributed by atoms with van der Waals surface area (Å²) < 4.78 is 0. The normalized spacial score (nSPS) is 13.8. The van der Waals surface area contributed by atoms with Gasteiger partial charge in [-0.05, 0) is 26.0 Å². The smallest absolute Gasteiger partial charge is 0.353 e. The predicted molar refractivity (Wildman–Crippen MR) is 66.4 cm³/mol. The maximum absolute atomic E-state index is 11.5. The Labute approximate surface area is 105 Å². The van der Waals surface area contributed by atoms with Gasteiger partial charge in [-0.15, -0.1) is 0 Å². The Hall–Kier alpha value is -1.55. The van der Waals surface area contributed by atoms with Crippen LogP contribution in [0.5, 0.6) is 0 Å². The van der Waals surface area contributed by atoms with E-state index in [0.29, 0.717) is 12.2 Å². The summed E-state index contributed by atoms with van der Waals surface area (Å²) in [5, 5.41) is 9.17. The summed E-state index contributed by atoms with van der Waals surface area (Å²) in [6.07, 6.45) is 0. The number of likely N-dealkylation sites (N-methyl/N-ethyl adjacent to an activating group) is 1. The largest absolute Gasteiger partial charge is 0.478 e. The van der Waals surface area contributed by atoms with Gasteiger partial charge in [-0.1, -0.05) is 29.8 Å². The first kappa shape index (κ1) is 13.5. The zero-order chi connectivity index (χ0) is 13.1. The van der Waals surface area contributed by atoms with Crippen molar-refractivity contribution in [3.05, 3.63) is 30.3 Å². The second-order valence-electron chi connectivity index (χ2n) is 3.56. The van der Waals surface area contributed by atoms with Crippen LogP contribution in [0.4, 0.5) is 5.69 Å². The second-order valence-corrected chi connectivity index (χ2v) is 4.11. The van der Waals surface area contributed by atoms with Gasteiger partial charge in [0.25, 0.3) is 5.00 Å². The molecule has 0 amide bonds. The Kier molecular flexibility index (Phi) is 4.12. The van der Waals surface area contributed by atoms with Crippen molar-refractivity contribution in [3.8, 4) is 0 Å². The number of ketones is 1. The van der Waals surface area contributed by atoms with Crippen LogP contribution in [-0.4, -0.2) is 28.4 Å². The first-order valence-corrected chi connectivity index (χ1v) is 5.58. The molecule has 0 saturated carbocycles. The highest BCUT2D eigenvalue weighted by atomic mass is 35.5. The number of rotatable bonds is 5. The van der Waals surface area contributed by atoms with Crippen LogP contribution in [0.1, 0.15) is 13.8 Å². The highest BCUT2D eigenvalue weighted by molar-refractivity contribution is 6.46. The average Bonchev–Trinajstić information content (AvgIpc) is 2.30. The molecule has 1 rings (SSSR count). The molecule has 1 aromatic carbocycles. The molecule has 1 unspecified atom stereocenters. The van der Waals surface area contributed by atoms with E-state index in [1.54, 1.807) is 31.2 Å². The first-order valence-electron chi connectivity index (χ1n) is 5.20. The summed E-state index contributed by atoms with van der Waals surface area (Å²) in [5.41, 5.74) is 0.600. The molecule has 0 aliphatic carbocycles. The van der Waals surface area contributed by atoms with E-state index in [-0.39, 0.29) is 0 Å². The fourth-order valence-electron chi connectivity index (χ4n) is 1.64. The summed E-state index contributed by atoms with van der Waals surface area (Å²) in [4.78, 5) is 22.1. The third-order valence-electron chi connectivity index (χ3n) is 2.51. The highest BCUT2D eigenvalue weighted by Crippen LogP contribution is 2.28. The molecule has 0 aromatic heterocycles. The number of carbonyl (C=O) groups excluding carboxylic acids is 1. The molecule has 0 aliphatic heterocycles. The summed E-state index contributed by atoms with van der Waals surface area (Å²) in [6.45, 7) is 3.24. The van der Waals surface area contributed by atoms with E-state index in [9.17, 15) is 14.7 Å². The van der Waals surface area contributed by atoms with Crippen LogP contribution in [0.2, 0.25) is 0 Å². The molecule has 0 aliphatic rings. The van der Waals surface area contributed by atoms with Crippen LogP contribution >= 0.6 is 11.6 Å². The summed E-state index contributed by atoms with van der Waals surface area (Å²) in [6, 6.07) is 8.76. The topological polar surface area (TPSA) is 57.6 Å². The van der Waals surface area contributed by atoms with E-state index in [1.165, 1.54) is 11.8 Å². The lowest BCUT2D eigenvalue weighted by atomic mass is 10.1. The van der Waals surface area contributed by atoms with Gasteiger partial charge in [0.2, 0.25) is 0 Å². The molecule has 1 N–H and O–H groups in total. The summed E-state index contributed by atoms with van der Waals surface area (Å²) >= 11 is 5.99. The Bertz CT molecular complexity index is 405. The lowest BCUT2D eigenvalue weighted by molar-refractivity contribution is -0.143. The molecule has 1 atom stereocenters. The number of hydrogen-bond acceptors (Lipinski definition) is 3. The Morgan fingerprint density at radius 3 is 2.24 bits per heavy atom. The number of hydrogen-bond donors (Lipinski definition) is 1. The maximum Gasteiger partial charge on any atom is 0.353 e. The van der Waals surface area contributed by atoms with E-state index in [4.69, 9.17) is 11.6 Å². The monoisotopic (exact) mass is 255 g/mol. The fraction of sp³-hybridized carbons (Fsp3) is 0.333. The zero-order valence-electron chi connectivity index (χ0n) is 9.68. The molecule has 4 nitrogen and oxygen atoms in total. The van der Waals surface area contributed by atoms with Gasteiger partial charge in [-0.3, -0.25) is 4.79 Å². The number of benzene rings is 1. The van der Waals surface area contributed by atoms with Crippen molar-refractivity contribution in [1.29, 1.82) is 0 Å². The molecule has 92 valence electrons. The molecule has 0 heterocycles. The summed E-state index contributed by atoms with van der Waals surface area (Å²) in [5.74, 6) is -1.98. The van der Waals surface area contributed by atoms with Crippen LogP contribution < -0.4 is 4.90 Å². The van der Waals surface area contributed by atoms with Crippen molar-refractivity contribution in [1.82, 2.24) is 0 Å². The molecule has 0 spiro atoms. The van der Waals surface area contributed by atoms with E-state index in [0.717, 1.165) is 0 Å². The van der Waals surface area contributed by atoms with Gasteiger partial charge in [0, 0.05) is 12.2 Å². The van der Waals surface area contributed by atoms with Gasteiger partial charge in [0.1, 0.15) is 0 Å². The molecule has 0 fully saturated rings. The van der Waals surface area contributed by atoms with Crippen molar-refractivity contribution in [2.75, 3.05) is 11.4 Å². The molecule has 0 radical (unpaired) electrons. The van der Waals surface area contributed by atoms with Crippen molar-refractivity contribution in [3.63, 3.8) is 0 Å². The van der Waals surface area contributed by atoms with Crippen molar-refractivity contribution >= 4 is 29.0 Å². The van der Waals surface area contributed by atoms with Gasteiger partial charge >= 0.3 is 5.97 Å². The predicted octanol–water partition coefficient (Wildman–Crippen LogP) is 2.12. The molecule has 17 heavy (non-hydrogen) atoms. The van der Waals surface area contributed by atoms with Crippen LogP contribution in [0, 0.1) is 0 Å². The molecular weight excluding hydrogens is 242 g/mol. The minimum Gasteiger partial charge on any atom is -0.478 e. The standard InChI is InChI=1S/C12H14ClNO3/c1-3-14(10-7-5-4-6-8-10)12(13,9(2)15)11(16)17/h4-8H,3H2,1-2H3,(H,16,17). The van der Waals surface area contributed by atoms with Crippen LogP contribution in [0.3, 0.4) is 0 Å². The van der Waals surface area contributed by atoms with Crippen LogP contribution in [0.15, 0.2) is 30.3 Å². The van der Waals surface area contributed by atoms with Gasteiger partial charge < -0.3 is 10.0 Å². The average molecular weight is 256 g/mol. The maximum atomic E-state index is 11.5. The number of halogens is 1. The highest BCUT2D eigenvalue weighted by Gasteiger charge is 2.47. The van der Waals surface area contributed by atoms with Crippen molar-refractivity contribution in [2.45, 2.75) is 18.8 Å². The van der Waals surface area contributed by atoms with Gasteiger partial charge in [0.05, 0.1) is 0 Å². The number of nitrogens with zero attached hydrogens (tertiary/aromatic N) is 1. The number of para-hydroxylation sites is 1. The Morgan fingerprint density at radius 1 is 1.35 bits per heavy atom. The van der Waals surface area contributed by atoms with E-state index in [2.05, 4.69) is 0 Å². The quantitative estimate of drug-likeness (QED) is 0.497. The Morgan fingerprint density at radius 2 is 1.88 bits per heavy atom. The van der Waals surface area contributed by atoms with E-state index < -0.39 is 16.8 Å². The van der Waals surface area contributed by atoms with E-state index >= 15 is 0 Å². The van der Waals surface area contributed by atoms with Gasteiger partial charge in [-0.2, -0.15) is 0 Å². The number of alkyl halides is 1. The SMILES string of the molecule is CCN(c1ccccc1)C(Cl)(C(C)=O)C(=O)O. The number of carboxylic acid groups (broad SMARTS) is 1. The molecule has 0 bridgehead atoms. The number of anilines is 1. The lowest BCUT2D eigenvalue weighted by Crippen LogP contribution is -2.55. The second kappa shape index (κ2) is 5.19. The minimum absolute atomic E-state index is 0.319. The number of aliphatic carboxylic acids is 1. The van der Waals surface area contributed by atoms with Crippen LogP contribution in [-0.2, 0) is 9.59 Å². The van der Waals surface area contributed by atoms with Crippen LogP contribution in [0.25, 0.3) is 0 Å².